The topological polar surface area (TPSA) is 57.2 Å². The number of allylic oxidation sites excluding steroid dienone is 1. The average molecular weight is 314 g/mol. The minimum absolute atomic E-state index is 0.130. The molecular weight excluding hydrogens is 296 g/mol. The Morgan fingerprint density at radius 1 is 1.04 bits per heavy atom. The highest BCUT2D eigenvalue weighted by atomic mass is 16.7. The summed E-state index contributed by atoms with van der Waals surface area (Å²) in [7, 11) is 0. The lowest BCUT2D eigenvalue weighted by atomic mass is 9.96. The van der Waals surface area contributed by atoms with Crippen molar-refractivity contribution in [1.29, 1.82) is 0 Å². The standard InChI is InChI=1S/C18H18O5/c1-10(2)3-4-12(19)11-7-15-16-13(20-8-22-15)5-6-14-17(16)18(11)23-9-21-14/h3,5-7,12,19H,4,8-9H2,1-2H3/t12-/m1/s1. The molecule has 0 bridgehead atoms. The van der Waals surface area contributed by atoms with E-state index in [-0.39, 0.29) is 13.6 Å². The van der Waals surface area contributed by atoms with Gasteiger partial charge in [-0.25, -0.2) is 0 Å². The minimum Gasteiger partial charge on any atom is -0.457 e. The smallest absolute Gasteiger partial charge is 0.230 e. The van der Waals surface area contributed by atoms with Crippen LogP contribution in [0.2, 0.25) is 0 Å². The Morgan fingerprint density at radius 2 is 1.70 bits per heavy atom. The van der Waals surface area contributed by atoms with E-state index in [1.54, 1.807) is 0 Å². The molecule has 0 aliphatic carbocycles. The van der Waals surface area contributed by atoms with Crippen molar-refractivity contribution in [2.75, 3.05) is 13.6 Å². The molecule has 1 atom stereocenters. The van der Waals surface area contributed by atoms with E-state index in [0.717, 1.165) is 27.8 Å². The molecule has 23 heavy (non-hydrogen) atoms. The predicted octanol–water partition coefficient (Wildman–Crippen LogP) is 3.69. The summed E-state index contributed by atoms with van der Waals surface area (Å²) < 4.78 is 22.5. The van der Waals surface area contributed by atoms with Crippen LogP contribution in [0.4, 0.5) is 0 Å². The van der Waals surface area contributed by atoms with Gasteiger partial charge in [0.2, 0.25) is 13.6 Å². The Labute approximate surface area is 134 Å². The first kappa shape index (κ1) is 14.2. The third kappa shape index (κ3) is 2.28. The van der Waals surface area contributed by atoms with Gasteiger partial charge in [-0.2, -0.15) is 0 Å². The zero-order valence-electron chi connectivity index (χ0n) is 13.1. The van der Waals surface area contributed by atoms with Crippen molar-refractivity contribution in [3.05, 3.63) is 35.4 Å². The molecule has 2 heterocycles. The third-order valence-electron chi connectivity index (χ3n) is 4.11. The van der Waals surface area contributed by atoms with Crippen LogP contribution >= 0.6 is 0 Å². The Morgan fingerprint density at radius 3 is 2.43 bits per heavy atom. The number of ether oxygens (including phenoxy) is 4. The molecule has 1 N–H and O–H groups in total. The van der Waals surface area contributed by atoms with Crippen molar-refractivity contribution in [1.82, 2.24) is 0 Å². The van der Waals surface area contributed by atoms with Gasteiger partial charge in [0.05, 0.1) is 16.9 Å². The van der Waals surface area contributed by atoms with E-state index in [1.807, 2.05) is 38.1 Å². The highest BCUT2D eigenvalue weighted by Gasteiger charge is 2.28. The largest absolute Gasteiger partial charge is 0.457 e. The van der Waals surface area contributed by atoms with Gasteiger partial charge in [0.1, 0.15) is 23.0 Å². The molecule has 5 heteroatoms. The molecular formula is C18H18O5. The van der Waals surface area contributed by atoms with Crippen LogP contribution in [0.5, 0.6) is 23.0 Å². The zero-order valence-corrected chi connectivity index (χ0v) is 13.1. The van der Waals surface area contributed by atoms with Gasteiger partial charge in [-0.05, 0) is 38.5 Å². The number of hydrogen-bond donors (Lipinski definition) is 1. The highest BCUT2D eigenvalue weighted by Crippen LogP contribution is 2.50. The van der Waals surface area contributed by atoms with Gasteiger partial charge >= 0.3 is 0 Å². The molecule has 2 aliphatic heterocycles. The molecule has 0 unspecified atom stereocenters. The minimum atomic E-state index is -0.665. The van der Waals surface area contributed by atoms with Gasteiger partial charge in [0.25, 0.3) is 0 Å². The Kier molecular flexibility index (Phi) is 3.31. The molecule has 0 amide bonds. The van der Waals surface area contributed by atoms with E-state index in [1.165, 1.54) is 0 Å². The lowest BCUT2D eigenvalue weighted by Gasteiger charge is -2.28. The Bertz CT molecular complexity index is 805. The summed E-state index contributed by atoms with van der Waals surface area (Å²) in [6.07, 6.45) is 1.87. The first-order valence-corrected chi connectivity index (χ1v) is 7.61. The SMILES string of the molecule is CC(C)=CC[C@@H](O)c1cc2c3c(ccc4c3c1OCO4)OCO2. The lowest BCUT2D eigenvalue weighted by molar-refractivity contribution is 0.0975. The molecule has 2 aromatic rings. The van der Waals surface area contributed by atoms with Gasteiger partial charge in [-0.1, -0.05) is 11.6 Å². The van der Waals surface area contributed by atoms with Crippen LogP contribution in [0.15, 0.2) is 29.8 Å². The van der Waals surface area contributed by atoms with Crippen LogP contribution in [-0.2, 0) is 0 Å². The summed E-state index contributed by atoms with van der Waals surface area (Å²) in [5, 5.41) is 12.2. The molecule has 4 rings (SSSR count). The molecule has 120 valence electrons. The molecule has 0 saturated heterocycles. The number of aliphatic hydroxyl groups excluding tert-OH is 1. The maximum atomic E-state index is 10.6. The fourth-order valence-electron chi connectivity index (χ4n) is 3.00. The van der Waals surface area contributed by atoms with Gasteiger partial charge in [0, 0.05) is 5.56 Å². The van der Waals surface area contributed by atoms with Crippen molar-refractivity contribution in [3.63, 3.8) is 0 Å². The normalized spacial score (nSPS) is 15.8. The third-order valence-corrected chi connectivity index (χ3v) is 4.11. The molecule has 0 aromatic heterocycles. The van der Waals surface area contributed by atoms with E-state index in [9.17, 15) is 5.11 Å². The second-order valence-corrected chi connectivity index (χ2v) is 5.95. The molecule has 0 spiro atoms. The van der Waals surface area contributed by atoms with E-state index >= 15 is 0 Å². The zero-order chi connectivity index (χ0) is 16.0. The van der Waals surface area contributed by atoms with Crippen LogP contribution in [-0.4, -0.2) is 18.7 Å². The van der Waals surface area contributed by atoms with Crippen LogP contribution in [0, 0.1) is 0 Å². The molecule has 5 nitrogen and oxygen atoms in total. The first-order valence-electron chi connectivity index (χ1n) is 7.61. The maximum absolute atomic E-state index is 10.6. The van der Waals surface area contributed by atoms with Gasteiger partial charge in [-0.15, -0.1) is 0 Å². The van der Waals surface area contributed by atoms with Crippen molar-refractivity contribution in [2.45, 2.75) is 26.4 Å². The Balaban J connectivity index is 1.93. The summed E-state index contributed by atoms with van der Waals surface area (Å²) in [5.74, 6) is 2.80. The molecule has 0 fully saturated rings. The molecule has 0 saturated carbocycles. The first-order chi connectivity index (χ1) is 11.1. The molecule has 0 radical (unpaired) electrons. The summed E-state index contributed by atoms with van der Waals surface area (Å²) in [5.41, 5.74) is 1.88. The number of hydrogen-bond acceptors (Lipinski definition) is 5. The maximum Gasteiger partial charge on any atom is 0.230 e. The number of aliphatic hydroxyl groups is 1. The monoisotopic (exact) mass is 314 g/mol. The van der Waals surface area contributed by atoms with E-state index < -0.39 is 6.10 Å². The summed E-state index contributed by atoms with van der Waals surface area (Å²) in [4.78, 5) is 0. The lowest BCUT2D eigenvalue weighted by Crippen LogP contribution is -2.17. The summed E-state index contributed by atoms with van der Waals surface area (Å²) >= 11 is 0. The molecule has 2 aromatic carbocycles. The van der Waals surface area contributed by atoms with Crippen molar-refractivity contribution < 1.29 is 24.1 Å². The van der Waals surface area contributed by atoms with Crippen molar-refractivity contribution >= 4 is 10.8 Å². The predicted molar refractivity (Wildman–Crippen MR) is 85.2 cm³/mol. The summed E-state index contributed by atoms with van der Waals surface area (Å²) in [6.45, 7) is 4.31. The second kappa shape index (κ2) is 5.35. The van der Waals surface area contributed by atoms with Crippen molar-refractivity contribution in [3.8, 4) is 23.0 Å². The number of rotatable bonds is 3. The van der Waals surface area contributed by atoms with Gasteiger partial charge < -0.3 is 24.1 Å². The second-order valence-electron chi connectivity index (χ2n) is 5.95. The fourth-order valence-corrected chi connectivity index (χ4v) is 3.00. The van der Waals surface area contributed by atoms with E-state index in [4.69, 9.17) is 18.9 Å². The Hall–Kier alpha value is -2.40. The van der Waals surface area contributed by atoms with Crippen LogP contribution < -0.4 is 18.9 Å². The summed E-state index contributed by atoms with van der Waals surface area (Å²) in [6, 6.07) is 5.59. The van der Waals surface area contributed by atoms with Crippen LogP contribution in [0.3, 0.4) is 0 Å². The fraction of sp³-hybridized carbons (Fsp3) is 0.333. The highest BCUT2D eigenvalue weighted by molar-refractivity contribution is 6.03. The van der Waals surface area contributed by atoms with E-state index in [0.29, 0.717) is 23.5 Å². The quantitative estimate of drug-likeness (QED) is 0.876. The van der Waals surface area contributed by atoms with Gasteiger partial charge in [0.15, 0.2) is 0 Å². The van der Waals surface area contributed by atoms with Crippen LogP contribution in [0.1, 0.15) is 31.9 Å². The molecule has 2 aliphatic rings. The average Bonchev–Trinajstić information content (AvgIpc) is 2.57. The van der Waals surface area contributed by atoms with E-state index in [2.05, 4.69) is 0 Å². The van der Waals surface area contributed by atoms with Crippen molar-refractivity contribution in [2.24, 2.45) is 0 Å². The number of benzene rings is 2. The van der Waals surface area contributed by atoms with Crippen LogP contribution in [0.25, 0.3) is 10.8 Å². The van der Waals surface area contributed by atoms with Gasteiger partial charge in [-0.3, -0.25) is 0 Å².